The summed E-state index contributed by atoms with van der Waals surface area (Å²) in [6.45, 7) is 4.66. The molecule has 1 aromatic heterocycles. The standard InChI is InChI=1S/C46H35N3O/c1-46(2)40-26-16-15-25-38(40)39-28-27-36(29-41(39)46)49(35-23-13-6-14-24-35)42-30-37(31-43-44(42)47-45(50-43)32-17-7-3-8-18-32)48(33-19-9-4-10-20-33)34-21-11-5-12-22-34/h3-31H,1-2H3. The summed E-state index contributed by atoms with van der Waals surface area (Å²) in [6, 6.07) is 61.7. The van der Waals surface area contributed by atoms with Gasteiger partial charge < -0.3 is 14.2 Å². The van der Waals surface area contributed by atoms with Crippen LogP contribution in [0.1, 0.15) is 25.0 Å². The van der Waals surface area contributed by atoms with Gasteiger partial charge >= 0.3 is 0 Å². The lowest BCUT2D eigenvalue weighted by Gasteiger charge is -2.30. The van der Waals surface area contributed by atoms with Crippen LogP contribution in [0.4, 0.5) is 34.1 Å². The fourth-order valence-corrected chi connectivity index (χ4v) is 7.44. The molecule has 7 aromatic carbocycles. The van der Waals surface area contributed by atoms with Crippen molar-refractivity contribution in [3.05, 3.63) is 187 Å². The Hall–Kier alpha value is -6.39. The SMILES string of the molecule is CC1(C)c2ccccc2-c2ccc(N(c3ccccc3)c3cc(N(c4ccccc4)c4ccccc4)cc4oc(-c5ccccc5)nc34)cc21. The Balaban J connectivity index is 1.32. The third kappa shape index (κ3) is 4.96. The molecule has 0 saturated carbocycles. The van der Waals surface area contributed by atoms with Crippen LogP contribution in [0.3, 0.4) is 0 Å². The number of benzene rings is 7. The zero-order valence-electron chi connectivity index (χ0n) is 28.0. The van der Waals surface area contributed by atoms with Crippen molar-refractivity contribution in [2.75, 3.05) is 9.80 Å². The van der Waals surface area contributed by atoms with E-state index < -0.39 is 0 Å². The van der Waals surface area contributed by atoms with Gasteiger partial charge in [0.1, 0.15) is 5.52 Å². The molecule has 240 valence electrons. The monoisotopic (exact) mass is 645 g/mol. The van der Waals surface area contributed by atoms with Gasteiger partial charge in [-0.2, -0.15) is 0 Å². The summed E-state index contributed by atoms with van der Waals surface area (Å²) in [5.74, 6) is 0.587. The number of hydrogen-bond donors (Lipinski definition) is 0. The van der Waals surface area contributed by atoms with Crippen molar-refractivity contribution < 1.29 is 4.42 Å². The third-order valence-electron chi connectivity index (χ3n) is 9.85. The summed E-state index contributed by atoms with van der Waals surface area (Å²) >= 11 is 0. The molecule has 1 heterocycles. The quantitative estimate of drug-likeness (QED) is 0.173. The van der Waals surface area contributed by atoms with Gasteiger partial charge in [0, 0.05) is 39.8 Å². The van der Waals surface area contributed by atoms with Crippen LogP contribution in [-0.2, 0) is 5.41 Å². The molecule has 50 heavy (non-hydrogen) atoms. The van der Waals surface area contributed by atoms with E-state index in [9.17, 15) is 0 Å². The minimum atomic E-state index is -0.146. The van der Waals surface area contributed by atoms with E-state index in [4.69, 9.17) is 9.40 Å². The van der Waals surface area contributed by atoms with Crippen molar-refractivity contribution in [3.63, 3.8) is 0 Å². The van der Waals surface area contributed by atoms with Gasteiger partial charge in [0.15, 0.2) is 5.58 Å². The molecular weight excluding hydrogens is 611 g/mol. The van der Waals surface area contributed by atoms with E-state index in [2.05, 4.69) is 169 Å². The lowest BCUT2D eigenvalue weighted by Crippen LogP contribution is -2.17. The molecule has 0 amide bonds. The lowest BCUT2D eigenvalue weighted by molar-refractivity contribution is 0.620. The normalized spacial score (nSPS) is 12.8. The maximum absolute atomic E-state index is 6.66. The van der Waals surface area contributed by atoms with Crippen molar-refractivity contribution in [2.45, 2.75) is 19.3 Å². The van der Waals surface area contributed by atoms with Gasteiger partial charge in [-0.3, -0.25) is 0 Å². The highest BCUT2D eigenvalue weighted by Gasteiger charge is 2.36. The molecule has 0 saturated heterocycles. The molecule has 0 N–H and O–H groups in total. The first-order valence-corrected chi connectivity index (χ1v) is 17.1. The van der Waals surface area contributed by atoms with E-state index in [0.29, 0.717) is 11.5 Å². The number of oxazole rings is 1. The summed E-state index contributed by atoms with van der Waals surface area (Å²) in [4.78, 5) is 9.81. The molecule has 0 radical (unpaired) electrons. The van der Waals surface area contributed by atoms with Crippen LogP contribution >= 0.6 is 0 Å². The second kappa shape index (κ2) is 11.9. The van der Waals surface area contributed by atoms with Crippen molar-refractivity contribution in [1.29, 1.82) is 0 Å². The van der Waals surface area contributed by atoms with Gasteiger partial charge in [0.2, 0.25) is 5.89 Å². The van der Waals surface area contributed by atoms with Crippen LogP contribution in [0.15, 0.2) is 180 Å². The Morgan fingerprint density at radius 3 is 1.64 bits per heavy atom. The van der Waals surface area contributed by atoms with Gasteiger partial charge in [0.05, 0.1) is 11.4 Å². The van der Waals surface area contributed by atoms with Gasteiger partial charge in [-0.05, 0) is 89.0 Å². The van der Waals surface area contributed by atoms with Gasteiger partial charge in [-0.1, -0.05) is 117 Å². The van der Waals surface area contributed by atoms with Crippen molar-refractivity contribution in [3.8, 4) is 22.6 Å². The number of anilines is 6. The maximum Gasteiger partial charge on any atom is 0.227 e. The highest BCUT2D eigenvalue weighted by molar-refractivity contribution is 5.99. The molecule has 0 spiro atoms. The van der Waals surface area contributed by atoms with Crippen LogP contribution < -0.4 is 9.80 Å². The van der Waals surface area contributed by atoms with Crippen LogP contribution in [0, 0.1) is 0 Å². The van der Waals surface area contributed by atoms with Crippen LogP contribution in [-0.4, -0.2) is 4.98 Å². The predicted octanol–water partition coefficient (Wildman–Crippen LogP) is 12.7. The summed E-state index contributed by atoms with van der Waals surface area (Å²) < 4.78 is 6.66. The predicted molar refractivity (Wildman–Crippen MR) is 206 cm³/mol. The van der Waals surface area contributed by atoms with Crippen molar-refractivity contribution in [2.24, 2.45) is 0 Å². The molecule has 1 aliphatic carbocycles. The molecule has 9 rings (SSSR count). The summed E-state index contributed by atoms with van der Waals surface area (Å²) in [7, 11) is 0. The zero-order chi connectivity index (χ0) is 33.7. The second-order valence-corrected chi connectivity index (χ2v) is 13.3. The van der Waals surface area contributed by atoms with Gasteiger partial charge in [-0.25, -0.2) is 4.98 Å². The van der Waals surface area contributed by atoms with E-state index in [-0.39, 0.29) is 5.41 Å². The lowest BCUT2D eigenvalue weighted by atomic mass is 9.82. The highest BCUT2D eigenvalue weighted by Crippen LogP contribution is 2.51. The first kappa shape index (κ1) is 29.7. The summed E-state index contributed by atoms with van der Waals surface area (Å²) in [5.41, 5.74) is 13.6. The van der Waals surface area contributed by atoms with Crippen LogP contribution in [0.2, 0.25) is 0 Å². The largest absolute Gasteiger partial charge is 0.436 e. The Morgan fingerprint density at radius 1 is 0.460 bits per heavy atom. The van der Waals surface area contributed by atoms with Crippen molar-refractivity contribution >= 4 is 45.2 Å². The Bertz CT molecular complexity index is 2410. The number of nitrogens with zero attached hydrogens (tertiary/aromatic N) is 3. The highest BCUT2D eigenvalue weighted by atomic mass is 16.3. The molecule has 0 atom stereocenters. The summed E-state index contributed by atoms with van der Waals surface area (Å²) in [5, 5.41) is 0. The number of rotatable bonds is 7. The molecule has 4 heteroatoms. The smallest absolute Gasteiger partial charge is 0.227 e. The third-order valence-corrected chi connectivity index (χ3v) is 9.85. The fraction of sp³-hybridized carbons (Fsp3) is 0.0652. The molecule has 8 aromatic rings. The first-order chi connectivity index (χ1) is 24.6. The average Bonchev–Trinajstić information content (AvgIpc) is 3.70. The number of hydrogen-bond acceptors (Lipinski definition) is 4. The average molecular weight is 646 g/mol. The fourth-order valence-electron chi connectivity index (χ4n) is 7.44. The topological polar surface area (TPSA) is 32.5 Å². The maximum atomic E-state index is 6.66. The molecule has 1 aliphatic rings. The van der Waals surface area contributed by atoms with E-state index in [1.807, 2.05) is 30.3 Å². The Kier molecular flexibility index (Phi) is 7.10. The van der Waals surface area contributed by atoms with E-state index in [1.54, 1.807) is 0 Å². The van der Waals surface area contributed by atoms with E-state index in [0.717, 1.165) is 45.2 Å². The van der Waals surface area contributed by atoms with E-state index in [1.165, 1.54) is 22.3 Å². The molecule has 0 unspecified atom stereocenters. The zero-order valence-corrected chi connectivity index (χ0v) is 28.0. The second-order valence-electron chi connectivity index (χ2n) is 13.3. The molecule has 0 aliphatic heterocycles. The number of fused-ring (bicyclic) bond motifs is 4. The first-order valence-electron chi connectivity index (χ1n) is 17.1. The minimum Gasteiger partial charge on any atom is -0.436 e. The molecule has 0 bridgehead atoms. The molecule has 4 nitrogen and oxygen atoms in total. The van der Waals surface area contributed by atoms with Gasteiger partial charge in [0.25, 0.3) is 0 Å². The molecule has 0 fully saturated rings. The number of aromatic nitrogens is 1. The Morgan fingerprint density at radius 2 is 1.00 bits per heavy atom. The Labute approximate surface area is 292 Å². The van der Waals surface area contributed by atoms with E-state index >= 15 is 0 Å². The summed E-state index contributed by atoms with van der Waals surface area (Å²) in [6.07, 6.45) is 0. The van der Waals surface area contributed by atoms with Crippen LogP contribution in [0.25, 0.3) is 33.7 Å². The van der Waals surface area contributed by atoms with Crippen LogP contribution in [0.5, 0.6) is 0 Å². The minimum absolute atomic E-state index is 0.146. The van der Waals surface area contributed by atoms with Crippen molar-refractivity contribution in [1.82, 2.24) is 4.98 Å². The number of para-hydroxylation sites is 3. The van der Waals surface area contributed by atoms with Gasteiger partial charge in [-0.15, -0.1) is 0 Å². The molecular formula is C46H35N3O.